The maximum absolute atomic E-state index is 12.3. The predicted molar refractivity (Wildman–Crippen MR) is 45.4 cm³/mol. The molecule has 1 rings (SSSR count). The molecule has 14 heavy (non-hydrogen) atoms. The van der Waals surface area contributed by atoms with Crippen LogP contribution in [0.1, 0.15) is 11.3 Å². The number of hydrogen-bond acceptors (Lipinski definition) is 2. The molecule has 0 fully saturated rings. The minimum absolute atomic E-state index is 0.186. The van der Waals surface area contributed by atoms with Crippen LogP contribution in [-0.2, 0) is 6.18 Å². The first-order valence-electron chi connectivity index (χ1n) is 3.85. The van der Waals surface area contributed by atoms with Crippen molar-refractivity contribution in [2.45, 2.75) is 6.18 Å². The molecule has 1 N–H and O–H groups in total. The molecule has 0 unspecified atom stereocenters. The fourth-order valence-corrected chi connectivity index (χ4v) is 0.954. The van der Waals surface area contributed by atoms with E-state index in [-0.39, 0.29) is 12.3 Å². The average molecular weight is 203 g/mol. The molecule has 0 spiro atoms. The highest BCUT2D eigenvalue weighted by Crippen LogP contribution is 2.31. The molecule has 0 saturated carbocycles. The molecule has 0 bridgehead atoms. The Bertz CT molecular complexity index is 333. The summed E-state index contributed by atoms with van der Waals surface area (Å²) in [6.45, 7) is -0.312. The summed E-state index contributed by atoms with van der Waals surface area (Å²) in [6.07, 6.45) is -0.796. The molecule has 0 atom stereocenters. The minimum atomic E-state index is -4.41. The maximum atomic E-state index is 12.3. The second-order valence-electron chi connectivity index (χ2n) is 2.52. The number of rotatable bonds is 2. The van der Waals surface area contributed by atoms with Gasteiger partial charge in [0, 0.05) is 6.20 Å². The third kappa shape index (κ3) is 2.56. The predicted octanol–water partition coefficient (Wildman–Crippen LogP) is 2.11. The van der Waals surface area contributed by atoms with Crippen molar-refractivity contribution in [3.63, 3.8) is 0 Å². The number of alkyl halides is 3. The molecular weight excluding hydrogens is 195 g/mol. The average Bonchev–Trinajstić information content (AvgIpc) is 2.14. The summed E-state index contributed by atoms with van der Waals surface area (Å²) in [5.74, 6) is 0. The smallest absolute Gasteiger partial charge is 0.392 e. The standard InChI is InChI=1S/C9H8F3NO/c10-9(11,12)7-3-1-5-13-8(7)4-2-6-14/h1-5,14H,6H2/b4-2+. The van der Waals surface area contributed by atoms with E-state index in [0.717, 1.165) is 12.1 Å². The van der Waals surface area contributed by atoms with Gasteiger partial charge in [-0.2, -0.15) is 13.2 Å². The van der Waals surface area contributed by atoms with Crippen molar-refractivity contribution >= 4 is 6.08 Å². The third-order valence-electron chi connectivity index (χ3n) is 1.53. The van der Waals surface area contributed by atoms with Crippen molar-refractivity contribution < 1.29 is 18.3 Å². The number of hydrogen-bond donors (Lipinski definition) is 1. The molecule has 76 valence electrons. The Morgan fingerprint density at radius 3 is 2.71 bits per heavy atom. The number of aliphatic hydroxyl groups is 1. The van der Waals surface area contributed by atoms with E-state index < -0.39 is 11.7 Å². The Morgan fingerprint density at radius 1 is 1.43 bits per heavy atom. The lowest BCUT2D eigenvalue weighted by atomic mass is 10.2. The van der Waals surface area contributed by atoms with Gasteiger partial charge in [-0.3, -0.25) is 4.98 Å². The highest BCUT2D eigenvalue weighted by molar-refractivity contribution is 5.50. The molecule has 1 aromatic heterocycles. The molecule has 5 heteroatoms. The Balaban J connectivity index is 3.10. The summed E-state index contributed by atoms with van der Waals surface area (Å²) in [5, 5.41) is 8.43. The summed E-state index contributed by atoms with van der Waals surface area (Å²) >= 11 is 0. The van der Waals surface area contributed by atoms with E-state index >= 15 is 0 Å². The number of aliphatic hydroxyl groups excluding tert-OH is 1. The van der Waals surface area contributed by atoms with Crippen LogP contribution in [0.15, 0.2) is 24.4 Å². The highest BCUT2D eigenvalue weighted by Gasteiger charge is 2.32. The van der Waals surface area contributed by atoms with E-state index in [4.69, 9.17) is 5.11 Å². The summed E-state index contributed by atoms with van der Waals surface area (Å²) in [6, 6.07) is 2.17. The van der Waals surface area contributed by atoms with Gasteiger partial charge in [-0.25, -0.2) is 0 Å². The normalized spacial score (nSPS) is 12.3. The number of pyridine rings is 1. The maximum Gasteiger partial charge on any atom is 0.418 e. The Labute approximate surface area is 78.7 Å². The van der Waals surface area contributed by atoms with Gasteiger partial charge in [-0.05, 0) is 18.2 Å². The van der Waals surface area contributed by atoms with Gasteiger partial charge in [0.05, 0.1) is 17.9 Å². The Hall–Kier alpha value is -1.36. The molecule has 1 heterocycles. The number of nitrogens with zero attached hydrogens (tertiary/aromatic N) is 1. The molecule has 0 radical (unpaired) electrons. The highest BCUT2D eigenvalue weighted by atomic mass is 19.4. The first kappa shape index (κ1) is 10.7. The molecule has 0 aliphatic heterocycles. The topological polar surface area (TPSA) is 33.1 Å². The zero-order chi connectivity index (χ0) is 10.6. The van der Waals surface area contributed by atoms with E-state index in [1.807, 2.05) is 0 Å². The SMILES string of the molecule is OC/C=C/c1ncccc1C(F)(F)F. The van der Waals surface area contributed by atoms with Crippen LogP contribution >= 0.6 is 0 Å². The monoisotopic (exact) mass is 203 g/mol. The summed E-state index contributed by atoms with van der Waals surface area (Å²) in [5.41, 5.74) is -0.987. The Kier molecular flexibility index (Phi) is 3.24. The van der Waals surface area contributed by atoms with Gasteiger partial charge < -0.3 is 5.11 Å². The van der Waals surface area contributed by atoms with Crippen LogP contribution in [0.5, 0.6) is 0 Å². The fourth-order valence-electron chi connectivity index (χ4n) is 0.954. The number of halogens is 3. The van der Waals surface area contributed by atoms with Crippen molar-refractivity contribution in [1.29, 1.82) is 0 Å². The molecule has 0 aliphatic rings. The van der Waals surface area contributed by atoms with Crippen LogP contribution in [0.25, 0.3) is 6.08 Å². The van der Waals surface area contributed by atoms with Gasteiger partial charge >= 0.3 is 6.18 Å². The van der Waals surface area contributed by atoms with Crippen molar-refractivity contribution in [1.82, 2.24) is 4.98 Å². The molecule has 1 aromatic rings. The largest absolute Gasteiger partial charge is 0.418 e. The summed E-state index contributed by atoms with van der Waals surface area (Å²) in [4.78, 5) is 3.56. The minimum Gasteiger partial charge on any atom is -0.392 e. The van der Waals surface area contributed by atoms with Crippen LogP contribution in [0, 0.1) is 0 Å². The molecule has 0 saturated heterocycles. The summed E-state index contributed by atoms with van der Waals surface area (Å²) < 4.78 is 37.0. The first-order chi connectivity index (χ1) is 6.55. The number of aromatic nitrogens is 1. The zero-order valence-corrected chi connectivity index (χ0v) is 7.12. The third-order valence-corrected chi connectivity index (χ3v) is 1.53. The van der Waals surface area contributed by atoms with E-state index in [1.165, 1.54) is 18.3 Å². The molecule has 0 aromatic carbocycles. The van der Waals surface area contributed by atoms with Gasteiger partial charge in [0.15, 0.2) is 0 Å². The lowest BCUT2D eigenvalue weighted by molar-refractivity contribution is -0.138. The van der Waals surface area contributed by atoms with Gasteiger partial charge in [0.25, 0.3) is 0 Å². The van der Waals surface area contributed by atoms with E-state index in [0.29, 0.717) is 0 Å². The van der Waals surface area contributed by atoms with Gasteiger partial charge in [0.2, 0.25) is 0 Å². The lowest BCUT2D eigenvalue weighted by Crippen LogP contribution is -2.08. The van der Waals surface area contributed by atoms with Crippen LogP contribution in [-0.4, -0.2) is 16.7 Å². The first-order valence-corrected chi connectivity index (χ1v) is 3.85. The van der Waals surface area contributed by atoms with E-state index in [2.05, 4.69) is 4.98 Å². The lowest BCUT2D eigenvalue weighted by Gasteiger charge is -2.08. The van der Waals surface area contributed by atoms with Gasteiger partial charge in [-0.1, -0.05) is 6.08 Å². The summed E-state index contributed by atoms with van der Waals surface area (Å²) in [7, 11) is 0. The van der Waals surface area contributed by atoms with Crippen LogP contribution in [0.2, 0.25) is 0 Å². The van der Waals surface area contributed by atoms with Gasteiger partial charge in [-0.15, -0.1) is 0 Å². The zero-order valence-electron chi connectivity index (χ0n) is 7.12. The van der Waals surface area contributed by atoms with Crippen molar-refractivity contribution in [3.05, 3.63) is 35.7 Å². The van der Waals surface area contributed by atoms with Crippen LogP contribution < -0.4 is 0 Å². The molecular formula is C9H8F3NO. The van der Waals surface area contributed by atoms with Gasteiger partial charge in [0.1, 0.15) is 0 Å². The van der Waals surface area contributed by atoms with Crippen LogP contribution in [0.3, 0.4) is 0 Å². The van der Waals surface area contributed by atoms with Crippen molar-refractivity contribution in [2.24, 2.45) is 0 Å². The second-order valence-corrected chi connectivity index (χ2v) is 2.52. The van der Waals surface area contributed by atoms with Crippen molar-refractivity contribution in [3.8, 4) is 0 Å². The fraction of sp³-hybridized carbons (Fsp3) is 0.222. The van der Waals surface area contributed by atoms with Crippen molar-refractivity contribution in [2.75, 3.05) is 6.61 Å². The quantitative estimate of drug-likeness (QED) is 0.798. The molecule has 2 nitrogen and oxygen atoms in total. The Morgan fingerprint density at radius 2 is 2.14 bits per heavy atom. The van der Waals surface area contributed by atoms with E-state index in [9.17, 15) is 13.2 Å². The molecule has 0 amide bonds. The molecule has 0 aliphatic carbocycles. The van der Waals surface area contributed by atoms with Crippen LogP contribution in [0.4, 0.5) is 13.2 Å². The van der Waals surface area contributed by atoms with E-state index in [1.54, 1.807) is 0 Å². The second kappa shape index (κ2) is 4.23.